The monoisotopic (exact) mass is 482 g/mol. The number of hydrogen-bond donors (Lipinski definition) is 1. The van der Waals surface area contributed by atoms with Crippen molar-refractivity contribution in [1.29, 1.82) is 0 Å². The molecule has 2 aromatic rings. The van der Waals surface area contributed by atoms with Crippen LogP contribution < -0.4 is 4.74 Å². The fraction of sp³-hybridized carbons (Fsp3) is 0.522. The number of nitrogens with zero attached hydrogens (tertiary/aromatic N) is 2. The molecule has 4 rings (SSSR count). The van der Waals surface area contributed by atoms with Crippen LogP contribution in [0.3, 0.4) is 0 Å². The summed E-state index contributed by atoms with van der Waals surface area (Å²) in [5, 5.41) is 11.4. The molecule has 3 heterocycles. The molecule has 2 aliphatic rings. The first-order chi connectivity index (χ1) is 15.7. The van der Waals surface area contributed by atoms with E-state index in [0.29, 0.717) is 5.39 Å². The standard InChI is InChI=1S/C23H25F3N2O6/c1-21(2,3)34-20(31)28-11-22(9-14(28)19(30)32-4)10-15(29)16-12-7-5-6-8-13(12)27-18(17(16)33-22)23(24,25)26/h5-8,14-15,29H,9-11H2,1-4H3. The van der Waals surface area contributed by atoms with Gasteiger partial charge in [-0.1, -0.05) is 18.2 Å². The van der Waals surface area contributed by atoms with E-state index in [1.165, 1.54) is 6.07 Å². The van der Waals surface area contributed by atoms with Gasteiger partial charge in [-0.25, -0.2) is 14.6 Å². The van der Waals surface area contributed by atoms with Crippen LogP contribution >= 0.6 is 0 Å². The van der Waals surface area contributed by atoms with Gasteiger partial charge in [-0.05, 0) is 26.8 Å². The van der Waals surface area contributed by atoms with E-state index in [1.807, 2.05) is 0 Å². The van der Waals surface area contributed by atoms with E-state index in [-0.39, 0.29) is 30.5 Å². The zero-order valence-corrected chi connectivity index (χ0v) is 19.1. The maximum atomic E-state index is 14.0. The van der Waals surface area contributed by atoms with Crippen LogP contribution in [0.25, 0.3) is 10.9 Å². The fourth-order valence-corrected chi connectivity index (χ4v) is 4.59. The molecule has 0 saturated carbocycles. The number of ether oxygens (including phenoxy) is 3. The van der Waals surface area contributed by atoms with Crippen molar-refractivity contribution >= 4 is 23.0 Å². The molecule has 3 atom stereocenters. The zero-order valence-electron chi connectivity index (χ0n) is 19.1. The highest BCUT2D eigenvalue weighted by molar-refractivity contribution is 5.86. The van der Waals surface area contributed by atoms with Gasteiger partial charge in [0, 0.05) is 23.8 Å². The molecule has 184 valence electrons. The molecule has 1 aromatic heterocycles. The van der Waals surface area contributed by atoms with Crippen LogP contribution in [0.15, 0.2) is 24.3 Å². The average Bonchev–Trinajstić information content (AvgIpc) is 3.09. The lowest BCUT2D eigenvalue weighted by molar-refractivity contribution is -0.147. The number of carbonyl (C=O) groups is 2. The maximum Gasteiger partial charge on any atom is 0.437 e. The molecule has 0 radical (unpaired) electrons. The van der Waals surface area contributed by atoms with Crippen LogP contribution in [0.1, 0.15) is 51.0 Å². The highest BCUT2D eigenvalue weighted by Gasteiger charge is 2.56. The van der Waals surface area contributed by atoms with E-state index in [4.69, 9.17) is 14.2 Å². The molecule has 1 N–H and O–H groups in total. The number of para-hydroxylation sites is 1. The van der Waals surface area contributed by atoms with Crippen molar-refractivity contribution in [3.63, 3.8) is 0 Å². The van der Waals surface area contributed by atoms with Crippen LogP contribution in [0.2, 0.25) is 0 Å². The quantitative estimate of drug-likeness (QED) is 0.614. The number of likely N-dealkylation sites (tertiary alicyclic amines) is 1. The molecule has 34 heavy (non-hydrogen) atoms. The van der Waals surface area contributed by atoms with Gasteiger partial charge in [0.25, 0.3) is 0 Å². The van der Waals surface area contributed by atoms with Crippen molar-refractivity contribution < 1.29 is 42.1 Å². The third-order valence-electron chi connectivity index (χ3n) is 5.87. The number of esters is 1. The van der Waals surface area contributed by atoms with Crippen LogP contribution in [0.5, 0.6) is 5.75 Å². The number of fused-ring (bicyclic) bond motifs is 3. The summed E-state index contributed by atoms with van der Waals surface area (Å²) in [5.41, 5.74) is -3.58. The Hall–Kier alpha value is -3.08. The van der Waals surface area contributed by atoms with E-state index >= 15 is 0 Å². The van der Waals surface area contributed by atoms with Gasteiger partial charge >= 0.3 is 18.2 Å². The Morgan fingerprint density at radius 2 is 1.88 bits per heavy atom. The smallest absolute Gasteiger partial charge is 0.437 e. The minimum Gasteiger partial charge on any atom is -0.483 e. The molecule has 1 amide bonds. The minimum absolute atomic E-state index is 0.0195. The number of hydrogen-bond acceptors (Lipinski definition) is 7. The van der Waals surface area contributed by atoms with Crippen LogP contribution in [0, 0.1) is 0 Å². The first-order valence-electron chi connectivity index (χ1n) is 10.7. The van der Waals surface area contributed by atoms with Crippen LogP contribution in [0.4, 0.5) is 18.0 Å². The van der Waals surface area contributed by atoms with Crippen molar-refractivity contribution in [2.45, 2.75) is 63.1 Å². The second kappa shape index (κ2) is 8.00. The first-order valence-corrected chi connectivity index (χ1v) is 10.7. The second-order valence-corrected chi connectivity index (χ2v) is 9.57. The number of rotatable bonds is 1. The molecule has 11 heteroatoms. The molecule has 1 spiro atoms. The fourth-order valence-electron chi connectivity index (χ4n) is 4.59. The van der Waals surface area contributed by atoms with E-state index in [1.54, 1.807) is 39.0 Å². The topological polar surface area (TPSA) is 98.2 Å². The van der Waals surface area contributed by atoms with Crippen molar-refractivity contribution in [2.75, 3.05) is 13.7 Å². The van der Waals surface area contributed by atoms with Gasteiger partial charge in [0.1, 0.15) is 17.2 Å². The summed E-state index contributed by atoms with van der Waals surface area (Å²) in [6.07, 6.45) is -7.37. The highest BCUT2D eigenvalue weighted by Crippen LogP contribution is 2.51. The maximum absolute atomic E-state index is 14.0. The largest absolute Gasteiger partial charge is 0.483 e. The van der Waals surface area contributed by atoms with Crippen LogP contribution in [-0.4, -0.2) is 58.0 Å². The Morgan fingerprint density at radius 1 is 1.21 bits per heavy atom. The number of amides is 1. The van der Waals surface area contributed by atoms with Gasteiger partial charge in [0.05, 0.1) is 25.3 Å². The third kappa shape index (κ3) is 4.24. The molecule has 1 aromatic carbocycles. The van der Waals surface area contributed by atoms with Crippen molar-refractivity contribution in [3.8, 4) is 5.75 Å². The van der Waals surface area contributed by atoms with Crippen molar-refractivity contribution in [3.05, 3.63) is 35.5 Å². The molecule has 1 fully saturated rings. The number of aliphatic hydroxyl groups excluding tert-OH is 1. The number of pyridine rings is 1. The Balaban J connectivity index is 1.81. The Bertz CT molecular complexity index is 1150. The van der Waals surface area contributed by atoms with Gasteiger partial charge in [-0.2, -0.15) is 13.2 Å². The van der Waals surface area contributed by atoms with E-state index in [2.05, 4.69) is 4.98 Å². The number of aliphatic hydroxyl groups is 1. The van der Waals surface area contributed by atoms with Crippen molar-refractivity contribution in [1.82, 2.24) is 9.88 Å². The lowest BCUT2D eigenvalue weighted by Gasteiger charge is -2.39. The summed E-state index contributed by atoms with van der Waals surface area (Å²) in [7, 11) is 1.14. The lowest BCUT2D eigenvalue weighted by atomic mass is 9.85. The predicted octanol–water partition coefficient (Wildman–Crippen LogP) is 3.99. The minimum atomic E-state index is -4.86. The van der Waals surface area contributed by atoms with E-state index in [0.717, 1.165) is 12.0 Å². The van der Waals surface area contributed by atoms with Crippen molar-refractivity contribution in [2.24, 2.45) is 0 Å². The summed E-state index contributed by atoms with van der Waals surface area (Å²) >= 11 is 0. The molecule has 1 saturated heterocycles. The second-order valence-electron chi connectivity index (χ2n) is 9.57. The number of carbonyl (C=O) groups excluding carboxylic acids is 2. The van der Waals surface area contributed by atoms with E-state index < -0.39 is 53.0 Å². The molecule has 8 nitrogen and oxygen atoms in total. The number of benzene rings is 1. The SMILES string of the molecule is COC(=O)C1CC2(CC(O)c3c(c(C(F)(F)F)nc4ccccc34)O2)CN1C(=O)OC(C)(C)C. The average molecular weight is 482 g/mol. The molecular formula is C23H25F3N2O6. The summed E-state index contributed by atoms with van der Waals surface area (Å²) in [4.78, 5) is 30.1. The van der Waals surface area contributed by atoms with Gasteiger partial charge in [0.2, 0.25) is 0 Å². The van der Waals surface area contributed by atoms with Gasteiger partial charge in [-0.15, -0.1) is 0 Å². The molecule has 0 aliphatic carbocycles. The number of aromatic nitrogens is 1. The molecular weight excluding hydrogens is 457 g/mol. The van der Waals surface area contributed by atoms with Gasteiger partial charge in [-0.3, -0.25) is 4.90 Å². The summed E-state index contributed by atoms with van der Waals surface area (Å²) in [6.45, 7) is 4.66. The summed E-state index contributed by atoms with van der Waals surface area (Å²) < 4.78 is 58.1. The number of alkyl halides is 3. The summed E-state index contributed by atoms with van der Waals surface area (Å²) in [6, 6.07) is 5.01. The van der Waals surface area contributed by atoms with Crippen LogP contribution in [-0.2, 0) is 20.4 Å². The molecule has 2 aliphatic heterocycles. The predicted molar refractivity (Wildman–Crippen MR) is 113 cm³/mol. The highest BCUT2D eigenvalue weighted by atomic mass is 19.4. The Labute approximate surface area is 193 Å². The third-order valence-corrected chi connectivity index (χ3v) is 5.87. The van der Waals surface area contributed by atoms with E-state index in [9.17, 15) is 27.9 Å². The van der Waals surface area contributed by atoms with Gasteiger partial charge < -0.3 is 19.3 Å². The van der Waals surface area contributed by atoms with Gasteiger partial charge in [0.15, 0.2) is 11.4 Å². The first kappa shape index (κ1) is 24.1. The normalized spacial score (nSPS) is 24.6. The molecule has 3 unspecified atom stereocenters. The Morgan fingerprint density at radius 3 is 2.50 bits per heavy atom. The lowest BCUT2D eigenvalue weighted by Crippen LogP contribution is -2.46. The number of halogens is 3. The Kier molecular flexibility index (Phi) is 5.66. The number of methoxy groups -OCH3 is 1. The summed E-state index contributed by atoms with van der Waals surface area (Å²) in [5.74, 6) is -1.36. The molecule has 0 bridgehead atoms. The zero-order chi connectivity index (χ0) is 25.1.